The van der Waals surface area contributed by atoms with Gasteiger partial charge in [-0.3, -0.25) is 9.20 Å². The number of hydrogen-bond acceptors (Lipinski definition) is 5. The Bertz CT molecular complexity index is 1110. The minimum absolute atomic E-state index is 0.155. The Hall–Kier alpha value is -2.93. The minimum atomic E-state index is -0.155. The Morgan fingerprint density at radius 1 is 1.16 bits per heavy atom. The van der Waals surface area contributed by atoms with Gasteiger partial charge < -0.3 is 14.8 Å². The van der Waals surface area contributed by atoms with Gasteiger partial charge in [0.1, 0.15) is 12.1 Å². The molecule has 2 aliphatic rings. The van der Waals surface area contributed by atoms with Crippen molar-refractivity contribution in [3.63, 3.8) is 0 Å². The summed E-state index contributed by atoms with van der Waals surface area (Å²) in [5.41, 5.74) is 3.63. The summed E-state index contributed by atoms with van der Waals surface area (Å²) in [6.45, 7) is 1.99. The van der Waals surface area contributed by atoms with Crippen molar-refractivity contribution in [2.45, 2.75) is 44.8 Å². The Morgan fingerprint density at radius 2 is 1.94 bits per heavy atom. The number of amides is 1. The molecule has 5 rings (SSSR count). The number of imidazole rings is 1. The highest BCUT2D eigenvalue weighted by Gasteiger charge is 2.43. The molecule has 3 unspecified atom stereocenters. The predicted octanol–water partition coefficient (Wildman–Crippen LogP) is 3.65. The van der Waals surface area contributed by atoms with Gasteiger partial charge in [-0.05, 0) is 62.6 Å². The average Bonchev–Trinajstić information content (AvgIpc) is 3.32. The number of fused-ring (bicyclic) bond motifs is 3. The van der Waals surface area contributed by atoms with E-state index in [0.29, 0.717) is 29.3 Å². The molecule has 2 heterocycles. The van der Waals surface area contributed by atoms with E-state index < -0.39 is 0 Å². The SMILES string of the molecule is COc1cccc(-c2cc(C)n3cnc(C(=O)NC4CC5CC[C@H](C4)C5OC)c3n2)c1. The third-order valence-corrected chi connectivity index (χ3v) is 6.89. The van der Waals surface area contributed by atoms with E-state index in [1.54, 1.807) is 20.5 Å². The molecule has 31 heavy (non-hydrogen) atoms. The van der Waals surface area contributed by atoms with E-state index in [-0.39, 0.29) is 11.9 Å². The van der Waals surface area contributed by atoms with E-state index in [2.05, 4.69) is 10.3 Å². The molecular formula is C24H28N4O3. The molecule has 0 aliphatic heterocycles. The van der Waals surface area contributed by atoms with Crippen LogP contribution >= 0.6 is 0 Å². The van der Waals surface area contributed by atoms with Crippen molar-refractivity contribution in [1.29, 1.82) is 0 Å². The Kier molecular flexibility index (Phi) is 5.14. The Balaban J connectivity index is 1.42. The zero-order chi connectivity index (χ0) is 21.5. The molecule has 2 saturated carbocycles. The van der Waals surface area contributed by atoms with Crippen molar-refractivity contribution < 1.29 is 14.3 Å². The van der Waals surface area contributed by atoms with Crippen molar-refractivity contribution >= 4 is 11.6 Å². The maximum Gasteiger partial charge on any atom is 0.274 e. The smallest absolute Gasteiger partial charge is 0.274 e. The summed E-state index contributed by atoms with van der Waals surface area (Å²) in [6.07, 6.45) is 6.33. The lowest BCUT2D eigenvalue weighted by molar-refractivity contribution is 0.00603. The molecule has 162 valence electrons. The largest absolute Gasteiger partial charge is 0.497 e. The van der Waals surface area contributed by atoms with Gasteiger partial charge in [-0.2, -0.15) is 0 Å². The Labute approximate surface area is 181 Å². The maximum absolute atomic E-state index is 13.2. The highest BCUT2D eigenvalue weighted by Crippen LogP contribution is 2.43. The molecule has 2 aromatic heterocycles. The first kappa shape index (κ1) is 20.0. The van der Waals surface area contributed by atoms with Crippen LogP contribution in [-0.4, -0.2) is 46.6 Å². The molecule has 3 aromatic rings. The molecular weight excluding hydrogens is 392 g/mol. The molecule has 2 aliphatic carbocycles. The van der Waals surface area contributed by atoms with Gasteiger partial charge in [-0.15, -0.1) is 0 Å². The van der Waals surface area contributed by atoms with E-state index in [1.807, 2.05) is 41.7 Å². The number of nitrogens with zero attached hydrogens (tertiary/aromatic N) is 3. The summed E-state index contributed by atoms with van der Waals surface area (Å²) in [5.74, 6) is 1.68. The van der Waals surface area contributed by atoms with Crippen molar-refractivity contribution in [2.75, 3.05) is 14.2 Å². The van der Waals surface area contributed by atoms with E-state index >= 15 is 0 Å². The normalized spacial score (nSPS) is 25.0. The first-order valence-electron chi connectivity index (χ1n) is 10.9. The third-order valence-electron chi connectivity index (χ3n) is 6.89. The quantitative estimate of drug-likeness (QED) is 0.682. The van der Waals surface area contributed by atoms with E-state index in [4.69, 9.17) is 14.5 Å². The number of carbonyl (C=O) groups excluding carboxylic acids is 1. The van der Waals surface area contributed by atoms with E-state index in [0.717, 1.165) is 35.5 Å². The maximum atomic E-state index is 13.2. The summed E-state index contributed by atoms with van der Waals surface area (Å²) in [4.78, 5) is 22.4. The Morgan fingerprint density at radius 3 is 2.65 bits per heavy atom. The standard InChI is InChI=1S/C24H28N4O3/c1-14-9-20(15-5-4-6-19(12-15)30-2)27-23-21(25-13-28(14)23)24(29)26-18-10-16-7-8-17(11-18)22(16)31-3/h4-6,9,12-13,16-18,22H,7-8,10-11H2,1-3H3,(H,26,29)/t16-,17?,18?,22?/m1/s1. The van der Waals surface area contributed by atoms with Gasteiger partial charge in [0.25, 0.3) is 5.91 Å². The summed E-state index contributed by atoms with van der Waals surface area (Å²) >= 11 is 0. The number of aromatic nitrogens is 3. The second-order valence-corrected chi connectivity index (χ2v) is 8.74. The van der Waals surface area contributed by atoms with Crippen LogP contribution in [-0.2, 0) is 4.74 Å². The van der Waals surface area contributed by atoms with Crippen LogP contribution in [0.5, 0.6) is 5.75 Å². The molecule has 2 bridgehead atoms. The molecule has 1 N–H and O–H groups in total. The summed E-state index contributed by atoms with van der Waals surface area (Å²) < 4.78 is 12.9. The molecule has 2 fully saturated rings. The molecule has 0 spiro atoms. The van der Waals surface area contributed by atoms with E-state index in [9.17, 15) is 4.79 Å². The first-order valence-corrected chi connectivity index (χ1v) is 10.9. The number of hydrogen-bond donors (Lipinski definition) is 1. The van der Waals surface area contributed by atoms with Crippen LogP contribution in [0.25, 0.3) is 16.9 Å². The fourth-order valence-corrected chi connectivity index (χ4v) is 5.44. The lowest BCUT2D eigenvalue weighted by Gasteiger charge is -2.34. The molecule has 1 aromatic carbocycles. The average molecular weight is 421 g/mol. The highest BCUT2D eigenvalue weighted by atomic mass is 16.5. The van der Waals surface area contributed by atoms with Gasteiger partial charge in [0.15, 0.2) is 11.3 Å². The number of methoxy groups -OCH3 is 2. The third kappa shape index (κ3) is 3.57. The number of carbonyl (C=O) groups is 1. The van der Waals surface area contributed by atoms with Crippen LogP contribution in [0.1, 0.15) is 41.9 Å². The first-order chi connectivity index (χ1) is 15.1. The number of benzene rings is 1. The van der Waals surface area contributed by atoms with Gasteiger partial charge >= 0.3 is 0 Å². The van der Waals surface area contributed by atoms with Gasteiger partial charge in [0.2, 0.25) is 0 Å². The van der Waals surface area contributed by atoms with Crippen LogP contribution in [0.3, 0.4) is 0 Å². The summed E-state index contributed by atoms with van der Waals surface area (Å²) in [7, 11) is 3.45. The van der Waals surface area contributed by atoms with Crippen LogP contribution in [0.4, 0.5) is 0 Å². The number of rotatable bonds is 5. The molecule has 1 amide bonds. The fraction of sp³-hybridized carbons (Fsp3) is 0.458. The van der Waals surface area contributed by atoms with Gasteiger partial charge in [0.05, 0.1) is 18.9 Å². The summed E-state index contributed by atoms with van der Waals surface area (Å²) in [6, 6.07) is 9.92. The van der Waals surface area contributed by atoms with Crippen molar-refractivity contribution in [2.24, 2.45) is 11.8 Å². The van der Waals surface area contributed by atoms with Crippen LogP contribution in [0, 0.1) is 18.8 Å². The minimum Gasteiger partial charge on any atom is -0.497 e. The van der Waals surface area contributed by atoms with Crippen molar-refractivity contribution in [1.82, 2.24) is 19.7 Å². The van der Waals surface area contributed by atoms with E-state index in [1.165, 1.54) is 12.8 Å². The lowest BCUT2D eigenvalue weighted by Crippen LogP contribution is -2.44. The number of ether oxygens (including phenoxy) is 2. The molecule has 7 nitrogen and oxygen atoms in total. The van der Waals surface area contributed by atoms with Crippen LogP contribution in [0.2, 0.25) is 0 Å². The van der Waals surface area contributed by atoms with Crippen molar-refractivity contribution in [3.8, 4) is 17.0 Å². The zero-order valence-corrected chi connectivity index (χ0v) is 18.2. The fourth-order valence-electron chi connectivity index (χ4n) is 5.44. The number of nitrogens with one attached hydrogen (secondary N) is 1. The molecule has 4 atom stereocenters. The molecule has 7 heteroatoms. The van der Waals surface area contributed by atoms with Gasteiger partial charge in [0, 0.05) is 24.4 Å². The van der Waals surface area contributed by atoms with Crippen molar-refractivity contribution in [3.05, 3.63) is 48.0 Å². The highest BCUT2D eigenvalue weighted by molar-refractivity contribution is 5.98. The predicted molar refractivity (Wildman–Crippen MR) is 117 cm³/mol. The lowest BCUT2D eigenvalue weighted by atomic mass is 9.82. The van der Waals surface area contributed by atoms with Gasteiger partial charge in [-0.1, -0.05) is 12.1 Å². The monoisotopic (exact) mass is 420 g/mol. The number of aryl methyl sites for hydroxylation is 1. The molecule has 0 saturated heterocycles. The topological polar surface area (TPSA) is 77.8 Å². The summed E-state index contributed by atoms with van der Waals surface area (Å²) in [5, 5.41) is 3.23. The zero-order valence-electron chi connectivity index (χ0n) is 18.2. The second kappa shape index (κ2) is 7.96. The van der Waals surface area contributed by atoms with Gasteiger partial charge in [-0.25, -0.2) is 9.97 Å². The molecule has 0 radical (unpaired) electrons. The second-order valence-electron chi connectivity index (χ2n) is 8.74. The van der Waals surface area contributed by atoms with Crippen LogP contribution in [0.15, 0.2) is 36.7 Å². The van der Waals surface area contributed by atoms with Crippen LogP contribution < -0.4 is 10.1 Å².